The van der Waals surface area contributed by atoms with Gasteiger partial charge in [-0.3, -0.25) is 18.6 Å². The molecule has 92 heavy (non-hydrogen) atoms. The number of esters is 2. The number of ether oxygens (including phenoxy) is 2. The molecule has 0 aliphatic heterocycles. The number of phosphoric ester groups is 1. The van der Waals surface area contributed by atoms with Crippen molar-refractivity contribution in [3.8, 4) is 0 Å². The van der Waals surface area contributed by atoms with E-state index in [2.05, 4.69) is 26.0 Å². The number of allylic oxidation sites excluding steroid dienone is 2. The molecule has 2 atom stereocenters. The summed E-state index contributed by atoms with van der Waals surface area (Å²) in [5, 5.41) is 0. The van der Waals surface area contributed by atoms with Crippen LogP contribution in [0.5, 0.6) is 0 Å². The Balaban J connectivity index is 3.87. The van der Waals surface area contributed by atoms with Crippen LogP contribution in [-0.4, -0.2) is 74.9 Å². The fourth-order valence-electron chi connectivity index (χ4n) is 13.0. The summed E-state index contributed by atoms with van der Waals surface area (Å²) in [5.74, 6) is -0.766. The number of rotatable bonds is 79. The van der Waals surface area contributed by atoms with Crippen molar-refractivity contribution in [2.45, 2.75) is 457 Å². The van der Waals surface area contributed by atoms with Gasteiger partial charge in [-0.25, -0.2) is 4.57 Å². The average molecular weight is 1320 g/mol. The molecule has 0 saturated heterocycles. The van der Waals surface area contributed by atoms with E-state index in [1.165, 1.54) is 385 Å². The molecule has 0 aromatic heterocycles. The number of carbonyl (C=O) groups is 2. The van der Waals surface area contributed by atoms with Gasteiger partial charge in [-0.05, 0) is 38.5 Å². The molecule has 0 aromatic rings. The molecule has 0 aliphatic carbocycles. The van der Waals surface area contributed by atoms with Crippen LogP contribution in [0.2, 0.25) is 0 Å². The normalized spacial score (nSPS) is 13.0. The van der Waals surface area contributed by atoms with E-state index in [0.29, 0.717) is 17.4 Å². The van der Waals surface area contributed by atoms with Crippen LogP contribution in [0.1, 0.15) is 450 Å². The van der Waals surface area contributed by atoms with Crippen molar-refractivity contribution in [1.82, 2.24) is 0 Å². The van der Waals surface area contributed by atoms with Gasteiger partial charge in [0.2, 0.25) is 0 Å². The van der Waals surface area contributed by atoms with Gasteiger partial charge in [0.05, 0.1) is 27.7 Å². The number of nitrogens with zero attached hydrogens (tertiary/aromatic N) is 1. The summed E-state index contributed by atoms with van der Waals surface area (Å²) in [6, 6.07) is 0. The van der Waals surface area contributed by atoms with E-state index >= 15 is 0 Å². The van der Waals surface area contributed by atoms with Crippen LogP contribution < -0.4 is 0 Å². The smallest absolute Gasteiger partial charge is 0.462 e. The largest absolute Gasteiger partial charge is 0.472 e. The number of carbonyl (C=O) groups excluding carboxylic acids is 2. The molecule has 1 N–H and O–H groups in total. The molecule has 0 spiro atoms. The maximum atomic E-state index is 12.9. The molecule has 0 bridgehead atoms. The Morgan fingerprint density at radius 1 is 0.326 bits per heavy atom. The molecule has 0 saturated carbocycles. The molecule has 2 unspecified atom stereocenters. The molecule has 9 nitrogen and oxygen atoms in total. The van der Waals surface area contributed by atoms with E-state index in [1.54, 1.807) is 0 Å². The van der Waals surface area contributed by atoms with Crippen molar-refractivity contribution in [1.29, 1.82) is 0 Å². The second-order valence-electron chi connectivity index (χ2n) is 29.9. The Morgan fingerprint density at radius 3 is 0.804 bits per heavy atom. The summed E-state index contributed by atoms with van der Waals surface area (Å²) < 4.78 is 34.9. The van der Waals surface area contributed by atoms with Crippen molar-refractivity contribution in [2.24, 2.45) is 0 Å². The summed E-state index contributed by atoms with van der Waals surface area (Å²) >= 11 is 0. The molecule has 0 aromatic carbocycles. The van der Waals surface area contributed by atoms with Crippen molar-refractivity contribution in [3.63, 3.8) is 0 Å². The lowest BCUT2D eigenvalue weighted by molar-refractivity contribution is -0.870. The highest BCUT2D eigenvalue weighted by Gasteiger charge is 2.27. The molecule has 0 amide bonds. The highest BCUT2D eigenvalue weighted by atomic mass is 31.2. The molecular weight excluding hydrogens is 1160 g/mol. The van der Waals surface area contributed by atoms with Crippen LogP contribution in [0.4, 0.5) is 0 Å². The molecule has 0 rings (SSSR count). The van der Waals surface area contributed by atoms with Gasteiger partial charge in [-0.1, -0.05) is 411 Å². The van der Waals surface area contributed by atoms with E-state index < -0.39 is 26.5 Å². The molecule has 0 heterocycles. The van der Waals surface area contributed by atoms with Gasteiger partial charge < -0.3 is 18.9 Å². The number of hydrogen-bond donors (Lipinski definition) is 1. The Hall–Kier alpha value is -1.25. The third-order valence-corrected chi connectivity index (χ3v) is 20.3. The van der Waals surface area contributed by atoms with Gasteiger partial charge in [0, 0.05) is 12.8 Å². The monoisotopic (exact) mass is 1320 g/mol. The third-order valence-electron chi connectivity index (χ3n) is 19.3. The standard InChI is InChI=1S/C82H162NO8P/c1-6-8-10-12-14-16-18-20-22-24-26-28-30-32-34-36-38-40-41-43-45-47-49-51-53-55-57-59-61-63-65-67-69-71-73-75-82(85)91-80(79-90-92(86,87)89-77-76-83(3,4)5)78-88-81(84)74-72-70-68-66-64-62-60-58-56-54-52-50-48-46-44-42-39-37-35-33-31-29-27-25-23-21-19-17-15-13-11-9-7-2/h24,26,80H,6-23,25,27-79H2,1-5H3/p+1/b26-24-. The topological polar surface area (TPSA) is 108 Å². The minimum Gasteiger partial charge on any atom is -0.462 e. The fraction of sp³-hybridized carbons (Fsp3) is 0.951. The van der Waals surface area contributed by atoms with Gasteiger partial charge >= 0.3 is 19.8 Å². The highest BCUT2D eigenvalue weighted by Crippen LogP contribution is 2.43. The molecule has 0 fully saturated rings. The van der Waals surface area contributed by atoms with E-state index in [1.807, 2.05) is 21.1 Å². The van der Waals surface area contributed by atoms with Crippen LogP contribution in [0.15, 0.2) is 12.2 Å². The zero-order chi connectivity index (χ0) is 66.9. The van der Waals surface area contributed by atoms with Gasteiger partial charge in [-0.15, -0.1) is 0 Å². The first kappa shape index (κ1) is 90.8. The Labute approximate surface area is 575 Å². The van der Waals surface area contributed by atoms with Crippen molar-refractivity contribution in [3.05, 3.63) is 12.2 Å². The first-order valence-corrected chi connectivity index (χ1v) is 42.9. The van der Waals surface area contributed by atoms with E-state index in [0.717, 1.165) is 38.5 Å². The fourth-order valence-corrected chi connectivity index (χ4v) is 13.7. The van der Waals surface area contributed by atoms with E-state index in [4.69, 9.17) is 18.5 Å². The molecule has 548 valence electrons. The number of phosphoric acid groups is 1. The van der Waals surface area contributed by atoms with Gasteiger partial charge in [0.1, 0.15) is 19.8 Å². The predicted molar refractivity (Wildman–Crippen MR) is 400 cm³/mol. The zero-order valence-electron chi connectivity index (χ0n) is 62.8. The maximum absolute atomic E-state index is 12.9. The number of hydrogen-bond acceptors (Lipinski definition) is 7. The van der Waals surface area contributed by atoms with Crippen LogP contribution in [0.25, 0.3) is 0 Å². The first-order chi connectivity index (χ1) is 45.0. The van der Waals surface area contributed by atoms with Crippen LogP contribution in [0.3, 0.4) is 0 Å². The zero-order valence-corrected chi connectivity index (χ0v) is 63.7. The maximum Gasteiger partial charge on any atom is 0.472 e. The number of likely N-dealkylation sites (N-methyl/N-ethyl adjacent to an activating group) is 1. The Kier molecular flexibility index (Phi) is 73.0. The minimum atomic E-state index is -4.39. The average Bonchev–Trinajstić information content (AvgIpc) is 2.14. The van der Waals surface area contributed by atoms with Crippen LogP contribution in [-0.2, 0) is 32.7 Å². The summed E-state index contributed by atoms with van der Waals surface area (Å²) in [6.45, 7) is 4.54. The van der Waals surface area contributed by atoms with Gasteiger partial charge in [0.25, 0.3) is 0 Å². The quantitative estimate of drug-likeness (QED) is 0.0211. The van der Waals surface area contributed by atoms with Gasteiger partial charge in [-0.2, -0.15) is 0 Å². The van der Waals surface area contributed by atoms with Crippen molar-refractivity contribution < 1.29 is 42.1 Å². The second kappa shape index (κ2) is 74.0. The highest BCUT2D eigenvalue weighted by molar-refractivity contribution is 7.47. The molecular formula is C82H163NO8P+. The predicted octanol–water partition coefficient (Wildman–Crippen LogP) is 27.4. The van der Waals surface area contributed by atoms with Crippen LogP contribution >= 0.6 is 7.82 Å². The van der Waals surface area contributed by atoms with Crippen LogP contribution in [0, 0.1) is 0 Å². The lowest BCUT2D eigenvalue weighted by atomic mass is 10.0. The number of quaternary nitrogens is 1. The summed E-state index contributed by atoms with van der Waals surface area (Å²) in [6.07, 6.45) is 93.8. The Bertz CT molecular complexity index is 1550. The lowest BCUT2D eigenvalue weighted by Gasteiger charge is -2.24. The molecule has 0 radical (unpaired) electrons. The van der Waals surface area contributed by atoms with E-state index in [9.17, 15) is 19.0 Å². The summed E-state index contributed by atoms with van der Waals surface area (Å²) in [4.78, 5) is 36.0. The van der Waals surface area contributed by atoms with E-state index in [-0.39, 0.29) is 25.6 Å². The van der Waals surface area contributed by atoms with Crippen molar-refractivity contribution >= 4 is 19.8 Å². The second-order valence-corrected chi connectivity index (χ2v) is 31.3. The van der Waals surface area contributed by atoms with Crippen molar-refractivity contribution in [2.75, 3.05) is 47.5 Å². The van der Waals surface area contributed by atoms with Gasteiger partial charge in [0.15, 0.2) is 6.10 Å². The number of unbranched alkanes of at least 4 members (excludes halogenated alkanes) is 63. The molecule has 0 aliphatic rings. The third kappa shape index (κ3) is 77.8. The summed E-state index contributed by atoms with van der Waals surface area (Å²) in [7, 11) is 1.51. The lowest BCUT2D eigenvalue weighted by Crippen LogP contribution is -2.37. The first-order valence-electron chi connectivity index (χ1n) is 41.4. The Morgan fingerprint density at radius 2 is 0.554 bits per heavy atom. The minimum absolute atomic E-state index is 0.0371. The molecule has 10 heteroatoms. The SMILES string of the molecule is CCCCCCCCCC/C=C\CCCCCCCCCCCCCCCCCCCCCCCCCC(=O)OC(COC(=O)CCCCCCCCCCCCCCCCCCCCCCCCCCCCCCCCCCC)COP(=O)(O)OCC[N+](C)(C)C. The summed E-state index contributed by atoms with van der Waals surface area (Å²) in [5.41, 5.74) is 0.